The Morgan fingerprint density at radius 2 is 1.54 bits per heavy atom. The summed E-state index contributed by atoms with van der Waals surface area (Å²) in [6, 6.07) is 0. The first-order valence-corrected chi connectivity index (χ1v) is 4.91. The van der Waals surface area contributed by atoms with E-state index in [0.29, 0.717) is 6.42 Å². The second-order valence-corrected chi connectivity index (χ2v) is 2.90. The number of hydrogen-bond acceptors (Lipinski definition) is 2. The summed E-state index contributed by atoms with van der Waals surface area (Å²) in [5, 5.41) is 5.04. The summed E-state index contributed by atoms with van der Waals surface area (Å²) in [5.74, 6) is -0.868. The Morgan fingerprint density at radius 3 is 1.77 bits per heavy atom. The maximum absolute atomic E-state index is 10.8. The summed E-state index contributed by atoms with van der Waals surface area (Å²) >= 11 is 10.5. The summed E-state index contributed by atoms with van der Waals surface area (Å²) < 4.78 is 0. The van der Waals surface area contributed by atoms with Crippen LogP contribution in [0.25, 0.3) is 0 Å². The Morgan fingerprint density at radius 1 is 1.15 bits per heavy atom. The Balaban J connectivity index is 3.89. The van der Waals surface area contributed by atoms with Crippen molar-refractivity contribution >= 4 is 35.0 Å². The Hall–Kier alpha value is -0.480. The van der Waals surface area contributed by atoms with Crippen LogP contribution in [0.5, 0.6) is 0 Å². The van der Waals surface area contributed by atoms with Crippen molar-refractivity contribution in [2.75, 3.05) is 11.8 Å². The van der Waals surface area contributed by atoms with E-state index >= 15 is 0 Å². The fraction of sp³-hybridized carbons (Fsp3) is 0.714. The largest absolute Gasteiger partial charge is 0.335 e. The summed E-state index contributed by atoms with van der Waals surface area (Å²) in [4.78, 5) is 21.6. The van der Waals surface area contributed by atoms with E-state index in [4.69, 9.17) is 23.2 Å². The Labute approximate surface area is 87.0 Å². The lowest BCUT2D eigenvalue weighted by Crippen LogP contribution is -2.48. The molecule has 76 valence electrons. The van der Waals surface area contributed by atoms with Gasteiger partial charge in [-0.2, -0.15) is 0 Å². The van der Waals surface area contributed by atoms with Crippen LogP contribution in [0.1, 0.15) is 13.3 Å². The number of alkyl halides is 2. The lowest BCUT2D eigenvalue weighted by molar-refractivity contribution is -0.121. The average Bonchev–Trinajstić information content (AvgIpc) is 2.16. The van der Waals surface area contributed by atoms with Gasteiger partial charge < -0.3 is 10.6 Å². The molecule has 0 heterocycles. The molecule has 0 aromatic rings. The van der Waals surface area contributed by atoms with E-state index in [1.54, 1.807) is 0 Å². The molecule has 0 aliphatic rings. The van der Waals surface area contributed by atoms with Crippen molar-refractivity contribution in [3.05, 3.63) is 0 Å². The maximum Gasteiger partial charge on any atom is 0.236 e. The van der Waals surface area contributed by atoms with E-state index in [1.807, 2.05) is 6.92 Å². The highest BCUT2D eigenvalue weighted by Crippen LogP contribution is 1.88. The van der Waals surface area contributed by atoms with E-state index in [1.165, 1.54) is 0 Å². The first-order valence-electron chi connectivity index (χ1n) is 3.84. The Kier molecular flexibility index (Phi) is 6.72. The van der Waals surface area contributed by atoms with Crippen LogP contribution in [0.2, 0.25) is 0 Å². The second kappa shape index (κ2) is 6.97. The highest BCUT2D eigenvalue weighted by Gasteiger charge is 2.11. The van der Waals surface area contributed by atoms with Crippen molar-refractivity contribution in [1.82, 2.24) is 10.6 Å². The number of halogens is 2. The van der Waals surface area contributed by atoms with Gasteiger partial charge in [0, 0.05) is 0 Å². The lowest BCUT2D eigenvalue weighted by Gasteiger charge is -2.17. The molecule has 0 spiro atoms. The van der Waals surface area contributed by atoms with Gasteiger partial charge in [0.05, 0.1) is 0 Å². The molecule has 0 atom stereocenters. The SMILES string of the molecule is CCC(NC(=O)CCl)NC(=O)CCl. The van der Waals surface area contributed by atoms with Gasteiger partial charge in [0.25, 0.3) is 0 Å². The third-order valence-corrected chi connectivity index (χ3v) is 1.81. The predicted molar refractivity (Wildman–Crippen MR) is 51.8 cm³/mol. The molecular weight excluding hydrogens is 215 g/mol. The van der Waals surface area contributed by atoms with Gasteiger partial charge in [0.15, 0.2) is 0 Å². The van der Waals surface area contributed by atoms with Crippen molar-refractivity contribution in [2.24, 2.45) is 0 Å². The summed E-state index contributed by atoms with van der Waals surface area (Å²) in [7, 11) is 0. The van der Waals surface area contributed by atoms with Gasteiger partial charge in [-0.1, -0.05) is 6.92 Å². The molecular formula is C7H12Cl2N2O2. The van der Waals surface area contributed by atoms with E-state index in [9.17, 15) is 9.59 Å². The minimum atomic E-state index is -0.391. The van der Waals surface area contributed by atoms with Gasteiger partial charge in [-0.05, 0) is 6.42 Å². The molecule has 0 rings (SSSR count). The van der Waals surface area contributed by atoms with Gasteiger partial charge in [-0.15, -0.1) is 23.2 Å². The Bertz CT molecular complexity index is 169. The lowest BCUT2D eigenvalue weighted by atomic mass is 10.3. The van der Waals surface area contributed by atoms with Crippen LogP contribution in [0.15, 0.2) is 0 Å². The topological polar surface area (TPSA) is 58.2 Å². The molecule has 2 amide bonds. The molecule has 0 fully saturated rings. The smallest absolute Gasteiger partial charge is 0.236 e. The average molecular weight is 227 g/mol. The molecule has 6 heteroatoms. The number of hydrogen-bond donors (Lipinski definition) is 2. The van der Waals surface area contributed by atoms with Gasteiger partial charge in [0.2, 0.25) is 11.8 Å². The number of carbonyl (C=O) groups is 2. The molecule has 0 aliphatic heterocycles. The number of nitrogens with one attached hydrogen (secondary N) is 2. The van der Waals surface area contributed by atoms with Crippen LogP contribution in [-0.2, 0) is 9.59 Å². The molecule has 13 heavy (non-hydrogen) atoms. The second-order valence-electron chi connectivity index (χ2n) is 2.36. The van der Waals surface area contributed by atoms with Gasteiger partial charge in [-0.25, -0.2) is 0 Å². The quantitative estimate of drug-likeness (QED) is 0.528. The molecule has 0 saturated heterocycles. The zero-order valence-electron chi connectivity index (χ0n) is 7.27. The minimum Gasteiger partial charge on any atom is -0.335 e. The number of carbonyl (C=O) groups excluding carboxylic acids is 2. The molecule has 0 aromatic heterocycles. The monoisotopic (exact) mass is 226 g/mol. The highest BCUT2D eigenvalue weighted by atomic mass is 35.5. The summed E-state index contributed by atoms with van der Waals surface area (Å²) in [6.45, 7) is 1.83. The zero-order valence-corrected chi connectivity index (χ0v) is 8.78. The zero-order chi connectivity index (χ0) is 10.3. The molecule has 0 aromatic carbocycles. The molecule has 0 radical (unpaired) electrons. The fourth-order valence-electron chi connectivity index (χ4n) is 0.706. The summed E-state index contributed by atoms with van der Waals surface area (Å²) in [5.41, 5.74) is 0. The van der Waals surface area contributed by atoms with Gasteiger partial charge in [0.1, 0.15) is 17.9 Å². The molecule has 2 N–H and O–H groups in total. The van der Waals surface area contributed by atoms with E-state index in [-0.39, 0.29) is 23.6 Å². The van der Waals surface area contributed by atoms with E-state index < -0.39 is 6.17 Å². The van der Waals surface area contributed by atoms with Crippen LogP contribution >= 0.6 is 23.2 Å². The fourth-order valence-corrected chi connectivity index (χ4v) is 0.860. The van der Waals surface area contributed by atoms with Crippen molar-refractivity contribution in [1.29, 1.82) is 0 Å². The maximum atomic E-state index is 10.8. The van der Waals surface area contributed by atoms with Crippen LogP contribution in [0.3, 0.4) is 0 Å². The van der Waals surface area contributed by atoms with E-state index in [2.05, 4.69) is 10.6 Å². The van der Waals surface area contributed by atoms with Crippen molar-refractivity contribution in [3.63, 3.8) is 0 Å². The molecule has 4 nitrogen and oxygen atoms in total. The van der Waals surface area contributed by atoms with Crippen LogP contribution in [0.4, 0.5) is 0 Å². The number of amides is 2. The summed E-state index contributed by atoms with van der Waals surface area (Å²) in [6.07, 6.45) is 0.197. The molecule has 0 bridgehead atoms. The molecule has 0 saturated carbocycles. The standard InChI is InChI=1S/C7H12Cl2N2O2/c1-2-5(10-6(12)3-8)11-7(13)4-9/h5H,2-4H2,1H3,(H,10,12)(H,11,13). The molecule has 0 unspecified atom stereocenters. The first-order chi connectivity index (χ1) is 6.13. The minimum absolute atomic E-state index is 0.118. The first kappa shape index (κ1) is 12.5. The van der Waals surface area contributed by atoms with Crippen molar-refractivity contribution in [2.45, 2.75) is 19.5 Å². The van der Waals surface area contributed by atoms with Gasteiger partial charge >= 0.3 is 0 Å². The van der Waals surface area contributed by atoms with E-state index in [0.717, 1.165) is 0 Å². The van der Waals surface area contributed by atoms with Crippen LogP contribution in [-0.4, -0.2) is 29.7 Å². The number of rotatable bonds is 5. The third-order valence-electron chi connectivity index (χ3n) is 1.32. The van der Waals surface area contributed by atoms with Crippen molar-refractivity contribution < 1.29 is 9.59 Å². The van der Waals surface area contributed by atoms with Crippen molar-refractivity contribution in [3.8, 4) is 0 Å². The van der Waals surface area contributed by atoms with Crippen LogP contribution in [0, 0.1) is 0 Å². The van der Waals surface area contributed by atoms with Crippen LogP contribution < -0.4 is 10.6 Å². The third kappa shape index (κ3) is 5.71. The molecule has 0 aliphatic carbocycles. The van der Waals surface area contributed by atoms with Gasteiger partial charge in [-0.3, -0.25) is 9.59 Å². The predicted octanol–water partition coefficient (Wildman–Crippen LogP) is 0.432. The highest BCUT2D eigenvalue weighted by molar-refractivity contribution is 6.27. The normalized spacial score (nSPS) is 9.85.